The quantitative estimate of drug-likeness (QED) is 0.890. The highest BCUT2D eigenvalue weighted by atomic mass is 16.6. The Bertz CT molecular complexity index is 503. The van der Waals surface area contributed by atoms with Gasteiger partial charge in [0.15, 0.2) is 0 Å². The second kappa shape index (κ2) is 7.53. The molecule has 23 heavy (non-hydrogen) atoms. The Labute approximate surface area is 138 Å². The standard InChI is InChI=1S/C17H27N3O3/c1-17(2,3)23-16(21)20-13-7-5-12(6-8-13)19-14-9-10-15(22-4)18-11-14/h9-13,19H,5-8H2,1-4H3,(H,20,21). The SMILES string of the molecule is COc1ccc(NC2CCC(NC(=O)OC(C)(C)C)CC2)cn1. The molecule has 0 atom stereocenters. The van der Waals surface area contributed by atoms with E-state index in [1.54, 1.807) is 13.3 Å². The maximum Gasteiger partial charge on any atom is 0.407 e. The third-order valence-electron chi connectivity index (χ3n) is 3.76. The first-order valence-electron chi connectivity index (χ1n) is 8.12. The summed E-state index contributed by atoms with van der Waals surface area (Å²) < 4.78 is 10.4. The molecule has 0 aliphatic heterocycles. The maximum absolute atomic E-state index is 11.8. The van der Waals surface area contributed by atoms with E-state index in [9.17, 15) is 4.79 Å². The normalized spacial score (nSPS) is 21.4. The Hall–Kier alpha value is -1.98. The van der Waals surface area contributed by atoms with Crippen LogP contribution >= 0.6 is 0 Å². The van der Waals surface area contributed by atoms with Crippen LogP contribution in [0.2, 0.25) is 0 Å². The molecule has 0 aromatic carbocycles. The predicted octanol–water partition coefficient (Wildman–Crippen LogP) is 3.34. The van der Waals surface area contributed by atoms with E-state index in [1.807, 2.05) is 32.9 Å². The summed E-state index contributed by atoms with van der Waals surface area (Å²) in [5.74, 6) is 0.612. The molecule has 2 rings (SSSR count). The molecule has 0 spiro atoms. The Morgan fingerprint density at radius 2 is 1.83 bits per heavy atom. The van der Waals surface area contributed by atoms with Gasteiger partial charge >= 0.3 is 6.09 Å². The summed E-state index contributed by atoms with van der Waals surface area (Å²) in [5.41, 5.74) is 0.541. The van der Waals surface area contributed by atoms with Crippen LogP contribution in [0.25, 0.3) is 0 Å². The van der Waals surface area contributed by atoms with Crippen LogP contribution in [0.5, 0.6) is 5.88 Å². The average molecular weight is 321 g/mol. The highest BCUT2D eigenvalue weighted by Gasteiger charge is 2.24. The molecule has 0 unspecified atom stereocenters. The number of rotatable bonds is 4. The Morgan fingerprint density at radius 3 is 2.35 bits per heavy atom. The van der Waals surface area contributed by atoms with Crippen molar-refractivity contribution in [3.63, 3.8) is 0 Å². The number of alkyl carbamates (subject to hydrolysis) is 1. The maximum atomic E-state index is 11.8. The van der Waals surface area contributed by atoms with Gasteiger partial charge in [0, 0.05) is 18.2 Å². The lowest BCUT2D eigenvalue weighted by atomic mass is 9.91. The second-order valence-electron chi connectivity index (χ2n) is 6.93. The van der Waals surface area contributed by atoms with Gasteiger partial charge in [0.05, 0.1) is 19.0 Å². The lowest BCUT2D eigenvalue weighted by Crippen LogP contribution is -2.42. The lowest BCUT2D eigenvalue weighted by Gasteiger charge is -2.31. The van der Waals surface area contributed by atoms with Crippen molar-refractivity contribution in [3.05, 3.63) is 18.3 Å². The molecular weight excluding hydrogens is 294 g/mol. The minimum atomic E-state index is -0.454. The topological polar surface area (TPSA) is 72.5 Å². The van der Waals surface area contributed by atoms with Gasteiger partial charge in [0.1, 0.15) is 5.60 Å². The summed E-state index contributed by atoms with van der Waals surface area (Å²) in [5, 5.41) is 6.44. The Kier molecular flexibility index (Phi) is 5.69. The molecule has 6 nitrogen and oxygen atoms in total. The first kappa shape index (κ1) is 17.4. The highest BCUT2D eigenvalue weighted by molar-refractivity contribution is 5.68. The monoisotopic (exact) mass is 321 g/mol. The minimum Gasteiger partial charge on any atom is -0.481 e. The number of hydrogen-bond donors (Lipinski definition) is 2. The number of anilines is 1. The number of pyridine rings is 1. The summed E-state index contributed by atoms with van der Waals surface area (Å²) >= 11 is 0. The van der Waals surface area contributed by atoms with E-state index >= 15 is 0 Å². The molecule has 0 saturated heterocycles. The van der Waals surface area contributed by atoms with Gasteiger partial charge in [-0.3, -0.25) is 0 Å². The van der Waals surface area contributed by atoms with Gasteiger partial charge in [0.2, 0.25) is 5.88 Å². The molecule has 0 bridgehead atoms. The minimum absolute atomic E-state index is 0.192. The zero-order valence-electron chi connectivity index (χ0n) is 14.4. The van der Waals surface area contributed by atoms with E-state index in [4.69, 9.17) is 9.47 Å². The summed E-state index contributed by atoms with van der Waals surface area (Å²) in [4.78, 5) is 16.0. The Balaban J connectivity index is 1.74. The van der Waals surface area contributed by atoms with E-state index in [0.29, 0.717) is 11.9 Å². The molecule has 1 amide bonds. The average Bonchev–Trinajstić information content (AvgIpc) is 2.48. The summed E-state index contributed by atoms with van der Waals surface area (Å²) in [7, 11) is 1.61. The number of nitrogens with one attached hydrogen (secondary N) is 2. The zero-order valence-corrected chi connectivity index (χ0v) is 14.4. The van der Waals surface area contributed by atoms with Crippen LogP contribution in [0.15, 0.2) is 18.3 Å². The highest BCUT2D eigenvalue weighted by Crippen LogP contribution is 2.23. The van der Waals surface area contributed by atoms with Crippen molar-refractivity contribution in [2.45, 2.75) is 64.1 Å². The van der Waals surface area contributed by atoms with Crippen LogP contribution in [-0.2, 0) is 4.74 Å². The van der Waals surface area contributed by atoms with Crippen molar-refractivity contribution < 1.29 is 14.3 Å². The van der Waals surface area contributed by atoms with Crippen LogP contribution in [-0.4, -0.2) is 35.9 Å². The second-order valence-corrected chi connectivity index (χ2v) is 6.93. The van der Waals surface area contributed by atoms with E-state index in [1.165, 1.54) is 0 Å². The van der Waals surface area contributed by atoms with Crippen LogP contribution in [0.3, 0.4) is 0 Å². The fraction of sp³-hybridized carbons (Fsp3) is 0.647. The van der Waals surface area contributed by atoms with Gasteiger partial charge in [-0.1, -0.05) is 0 Å². The van der Waals surface area contributed by atoms with Crippen LogP contribution in [0.1, 0.15) is 46.5 Å². The molecule has 6 heteroatoms. The van der Waals surface area contributed by atoms with Crippen molar-refractivity contribution in [1.82, 2.24) is 10.3 Å². The molecule has 1 heterocycles. The van der Waals surface area contributed by atoms with Gasteiger partial charge in [-0.25, -0.2) is 9.78 Å². The van der Waals surface area contributed by atoms with Crippen LogP contribution < -0.4 is 15.4 Å². The molecule has 1 aromatic heterocycles. The number of amides is 1. The van der Waals surface area contributed by atoms with Gasteiger partial charge < -0.3 is 20.1 Å². The Morgan fingerprint density at radius 1 is 1.17 bits per heavy atom. The number of carbonyl (C=O) groups excluding carboxylic acids is 1. The molecule has 2 N–H and O–H groups in total. The number of ether oxygens (including phenoxy) is 2. The smallest absolute Gasteiger partial charge is 0.407 e. The number of nitrogens with zero attached hydrogens (tertiary/aromatic N) is 1. The predicted molar refractivity (Wildman–Crippen MR) is 89.8 cm³/mol. The van der Waals surface area contributed by atoms with E-state index in [0.717, 1.165) is 31.4 Å². The third kappa shape index (κ3) is 5.96. The molecule has 1 aliphatic carbocycles. The number of aromatic nitrogens is 1. The third-order valence-corrected chi connectivity index (χ3v) is 3.76. The van der Waals surface area contributed by atoms with Crippen molar-refractivity contribution in [2.24, 2.45) is 0 Å². The fourth-order valence-corrected chi connectivity index (χ4v) is 2.68. The van der Waals surface area contributed by atoms with Crippen molar-refractivity contribution in [1.29, 1.82) is 0 Å². The molecule has 1 saturated carbocycles. The molecule has 1 fully saturated rings. The van der Waals surface area contributed by atoms with E-state index in [-0.39, 0.29) is 12.1 Å². The molecule has 0 radical (unpaired) electrons. The fourth-order valence-electron chi connectivity index (χ4n) is 2.68. The summed E-state index contributed by atoms with van der Waals surface area (Å²) in [6.07, 6.45) is 5.36. The van der Waals surface area contributed by atoms with Crippen LogP contribution in [0.4, 0.5) is 10.5 Å². The van der Waals surface area contributed by atoms with Crippen molar-refractivity contribution >= 4 is 11.8 Å². The van der Waals surface area contributed by atoms with Gasteiger partial charge in [-0.2, -0.15) is 0 Å². The number of methoxy groups -OCH3 is 1. The zero-order chi connectivity index (χ0) is 16.9. The van der Waals surface area contributed by atoms with Gasteiger partial charge in [-0.15, -0.1) is 0 Å². The first-order valence-corrected chi connectivity index (χ1v) is 8.12. The van der Waals surface area contributed by atoms with Crippen molar-refractivity contribution in [3.8, 4) is 5.88 Å². The van der Waals surface area contributed by atoms with E-state index in [2.05, 4.69) is 15.6 Å². The summed E-state index contributed by atoms with van der Waals surface area (Å²) in [6.45, 7) is 5.61. The van der Waals surface area contributed by atoms with Crippen molar-refractivity contribution in [2.75, 3.05) is 12.4 Å². The number of hydrogen-bond acceptors (Lipinski definition) is 5. The first-order chi connectivity index (χ1) is 10.9. The number of carbonyl (C=O) groups is 1. The molecule has 1 aliphatic rings. The van der Waals surface area contributed by atoms with Crippen LogP contribution in [0, 0.1) is 0 Å². The van der Waals surface area contributed by atoms with E-state index < -0.39 is 5.60 Å². The molecule has 1 aromatic rings. The van der Waals surface area contributed by atoms with Gasteiger partial charge in [0.25, 0.3) is 0 Å². The molecule has 128 valence electrons. The lowest BCUT2D eigenvalue weighted by molar-refractivity contribution is 0.0492. The molecular formula is C17H27N3O3. The summed E-state index contributed by atoms with van der Waals surface area (Å²) in [6, 6.07) is 4.41. The van der Waals surface area contributed by atoms with Gasteiger partial charge in [-0.05, 0) is 52.5 Å². The largest absolute Gasteiger partial charge is 0.481 e.